The normalized spacial score (nSPS) is 11.0. The molecule has 0 bridgehead atoms. The third-order valence-electron chi connectivity index (χ3n) is 2.83. The Balaban J connectivity index is 2.03. The van der Waals surface area contributed by atoms with Gasteiger partial charge in [-0.1, -0.05) is 19.8 Å². The standard InChI is InChI=1S/C14H25N3/c1-3-4-5-8-15-11-12-17(2)13-14-6-9-16-10-7-14/h6-7,9-10,15H,3-5,8,11-13H2,1-2H3. The summed E-state index contributed by atoms with van der Waals surface area (Å²) in [5.41, 5.74) is 1.33. The van der Waals surface area contributed by atoms with Gasteiger partial charge in [0.25, 0.3) is 0 Å². The van der Waals surface area contributed by atoms with Crippen LogP contribution >= 0.6 is 0 Å². The van der Waals surface area contributed by atoms with Crippen LogP contribution in [0.1, 0.15) is 31.7 Å². The molecule has 0 unspecified atom stereocenters. The highest BCUT2D eigenvalue weighted by atomic mass is 15.1. The van der Waals surface area contributed by atoms with Crippen molar-refractivity contribution in [2.75, 3.05) is 26.7 Å². The lowest BCUT2D eigenvalue weighted by Gasteiger charge is -2.16. The molecule has 0 aliphatic rings. The quantitative estimate of drug-likeness (QED) is 0.666. The molecule has 3 heteroatoms. The van der Waals surface area contributed by atoms with Gasteiger partial charge in [0.15, 0.2) is 0 Å². The molecule has 0 atom stereocenters. The molecule has 0 aromatic carbocycles. The van der Waals surface area contributed by atoms with E-state index in [1.807, 2.05) is 12.4 Å². The monoisotopic (exact) mass is 235 g/mol. The first kappa shape index (κ1) is 14.1. The van der Waals surface area contributed by atoms with Crippen molar-refractivity contribution >= 4 is 0 Å². The number of unbranched alkanes of at least 4 members (excludes halogenated alkanes) is 2. The van der Waals surface area contributed by atoms with Crippen molar-refractivity contribution in [1.29, 1.82) is 0 Å². The highest BCUT2D eigenvalue weighted by molar-refractivity contribution is 5.09. The molecule has 17 heavy (non-hydrogen) atoms. The van der Waals surface area contributed by atoms with Gasteiger partial charge in [-0.15, -0.1) is 0 Å². The molecule has 0 aliphatic heterocycles. The van der Waals surface area contributed by atoms with Gasteiger partial charge >= 0.3 is 0 Å². The van der Waals surface area contributed by atoms with Crippen LogP contribution in [0.2, 0.25) is 0 Å². The molecule has 0 spiro atoms. The zero-order chi connectivity index (χ0) is 12.3. The summed E-state index contributed by atoms with van der Waals surface area (Å²) in [6.45, 7) is 6.55. The summed E-state index contributed by atoms with van der Waals surface area (Å²) in [4.78, 5) is 6.36. The second kappa shape index (κ2) is 9.14. The van der Waals surface area contributed by atoms with Crippen LogP contribution in [0.25, 0.3) is 0 Å². The fourth-order valence-electron chi connectivity index (χ4n) is 1.77. The third-order valence-corrected chi connectivity index (χ3v) is 2.83. The largest absolute Gasteiger partial charge is 0.315 e. The van der Waals surface area contributed by atoms with E-state index in [0.717, 1.165) is 26.2 Å². The van der Waals surface area contributed by atoms with E-state index in [4.69, 9.17) is 0 Å². The van der Waals surface area contributed by atoms with E-state index in [-0.39, 0.29) is 0 Å². The van der Waals surface area contributed by atoms with Gasteiger partial charge in [-0.25, -0.2) is 0 Å². The molecular formula is C14H25N3. The highest BCUT2D eigenvalue weighted by Crippen LogP contribution is 2.00. The highest BCUT2D eigenvalue weighted by Gasteiger charge is 1.99. The summed E-state index contributed by atoms with van der Waals surface area (Å²) in [6.07, 6.45) is 7.63. The molecule has 0 saturated carbocycles. The molecule has 1 N–H and O–H groups in total. The molecule has 0 aliphatic carbocycles. The van der Waals surface area contributed by atoms with Crippen molar-refractivity contribution in [3.63, 3.8) is 0 Å². The Bertz CT molecular complexity index is 274. The number of likely N-dealkylation sites (N-methyl/N-ethyl adjacent to an activating group) is 1. The minimum atomic E-state index is 0.999. The molecule has 1 heterocycles. The Morgan fingerprint density at radius 3 is 2.65 bits per heavy atom. The molecule has 3 nitrogen and oxygen atoms in total. The SMILES string of the molecule is CCCCCNCCN(C)Cc1ccncc1. The van der Waals surface area contributed by atoms with Crippen molar-refractivity contribution in [2.24, 2.45) is 0 Å². The van der Waals surface area contributed by atoms with E-state index in [1.165, 1.54) is 24.8 Å². The van der Waals surface area contributed by atoms with E-state index in [2.05, 4.69) is 41.3 Å². The van der Waals surface area contributed by atoms with Gasteiger partial charge in [0, 0.05) is 32.0 Å². The molecule has 1 rings (SSSR count). The van der Waals surface area contributed by atoms with Gasteiger partial charge < -0.3 is 10.2 Å². The smallest absolute Gasteiger partial charge is 0.0271 e. The molecule has 0 saturated heterocycles. The van der Waals surface area contributed by atoms with E-state index < -0.39 is 0 Å². The number of hydrogen-bond donors (Lipinski definition) is 1. The van der Waals surface area contributed by atoms with Gasteiger partial charge in [-0.3, -0.25) is 4.98 Å². The number of aromatic nitrogens is 1. The van der Waals surface area contributed by atoms with Gasteiger partial charge in [-0.2, -0.15) is 0 Å². The maximum atomic E-state index is 4.03. The average molecular weight is 235 g/mol. The molecule has 96 valence electrons. The maximum absolute atomic E-state index is 4.03. The van der Waals surface area contributed by atoms with Crippen molar-refractivity contribution < 1.29 is 0 Å². The minimum absolute atomic E-state index is 0.999. The lowest BCUT2D eigenvalue weighted by molar-refractivity contribution is 0.324. The van der Waals surface area contributed by atoms with Crippen LogP contribution in [0.3, 0.4) is 0 Å². The van der Waals surface area contributed by atoms with Gasteiger partial charge in [0.05, 0.1) is 0 Å². The summed E-state index contributed by atoms with van der Waals surface area (Å²) in [7, 11) is 2.16. The van der Waals surface area contributed by atoms with Crippen LogP contribution in [0.4, 0.5) is 0 Å². The minimum Gasteiger partial charge on any atom is -0.315 e. The van der Waals surface area contributed by atoms with Gasteiger partial charge in [-0.05, 0) is 37.7 Å². The van der Waals surface area contributed by atoms with Crippen LogP contribution in [-0.2, 0) is 6.54 Å². The molecule has 0 amide bonds. The number of hydrogen-bond acceptors (Lipinski definition) is 3. The van der Waals surface area contributed by atoms with Crippen LogP contribution in [0.5, 0.6) is 0 Å². The first-order valence-electron chi connectivity index (χ1n) is 6.61. The van der Waals surface area contributed by atoms with Crippen molar-refractivity contribution in [3.05, 3.63) is 30.1 Å². The van der Waals surface area contributed by atoms with E-state index in [0.29, 0.717) is 0 Å². The molecule has 0 radical (unpaired) electrons. The van der Waals surface area contributed by atoms with E-state index in [1.54, 1.807) is 0 Å². The fourth-order valence-corrected chi connectivity index (χ4v) is 1.77. The Hall–Kier alpha value is -0.930. The average Bonchev–Trinajstić information content (AvgIpc) is 2.35. The molecular weight excluding hydrogens is 210 g/mol. The van der Waals surface area contributed by atoms with Gasteiger partial charge in [0.1, 0.15) is 0 Å². The Morgan fingerprint density at radius 2 is 1.94 bits per heavy atom. The molecule has 0 fully saturated rings. The van der Waals surface area contributed by atoms with E-state index in [9.17, 15) is 0 Å². The van der Waals surface area contributed by atoms with Gasteiger partial charge in [0.2, 0.25) is 0 Å². The Kier molecular flexibility index (Phi) is 7.60. The summed E-state index contributed by atoms with van der Waals surface area (Å²) in [5.74, 6) is 0. The lowest BCUT2D eigenvalue weighted by Crippen LogP contribution is -2.29. The predicted octanol–water partition coefficient (Wildman–Crippen LogP) is 2.29. The Morgan fingerprint density at radius 1 is 1.18 bits per heavy atom. The van der Waals surface area contributed by atoms with Crippen LogP contribution in [0, 0.1) is 0 Å². The predicted molar refractivity (Wildman–Crippen MR) is 73.0 cm³/mol. The van der Waals surface area contributed by atoms with Crippen molar-refractivity contribution in [3.8, 4) is 0 Å². The van der Waals surface area contributed by atoms with Crippen LogP contribution < -0.4 is 5.32 Å². The van der Waals surface area contributed by atoms with Crippen LogP contribution in [0.15, 0.2) is 24.5 Å². The fraction of sp³-hybridized carbons (Fsp3) is 0.643. The van der Waals surface area contributed by atoms with Crippen molar-refractivity contribution in [1.82, 2.24) is 15.2 Å². The molecule has 1 aromatic heterocycles. The number of nitrogens with one attached hydrogen (secondary N) is 1. The van der Waals surface area contributed by atoms with Crippen molar-refractivity contribution in [2.45, 2.75) is 32.7 Å². The second-order valence-electron chi connectivity index (χ2n) is 4.55. The number of rotatable bonds is 9. The topological polar surface area (TPSA) is 28.2 Å². The summed E-state index contributed by atoms with van der Waals surface area (Å²) in [5, 5.41) is 3.48. The number of pyridine rings is 1. The maximum Gasteiger partial charge on any atom is 0.0271 e. The first-order valence-corrected chi connectivity index (χ1v) is 6.61. The zero-order valence-electron chi connectivity index (χ0n) is 11.2. The van der Waals surface area contributed by atoms with Crippen LogP contribution in [-0.4, -0.2) is 36.6 Å². The lowest BCUT2D eigenvalue weighted by atomic mass is 10.2. The Labute approximate surface area is 105 Å². The van der Waals surface area contributed by atoms with E-state index >= 15 is 0 Å². The second-order valence-corrected chi connectivity index (χ2v) is 4.55. The number of nitrogens with zero attached hydrogens (tertiary/aromatic N) is 2. The summed E-state index contributed by atoms with van der Waals surface area (Å²) < 4.78 is 0. The third kappa shape index (κ3) is 7.08. The summed E-state index contributed by atoms with van der Waals surface area (Å²) >= 11 is 0. The summed E-state index contributed by atoms with van der Waals surface area (Å²) in [6, 6.07) is 4.15. The zero-order valence-corrected chi connectivity index (χ0v) is 11.2. The first-order chi connectivity index (χ1) is 8.33. The molecule has 1 aromatic rings.